The third-order valence-electron chi connectivity index (χ3n) is 3.53. The van der Waals surface area contributed by atoms with Crippen LogP contribution in [0, 0.1) is 12.7 Å². The lowest BCUT2D eigenvalue weighted by atomic mass is 10.2. The molecule has 0 saturated heterocycles. The van der Waals surface area contributed by atoms with E-state index in [-0.39, 0.29) is 17.1 Å². The maximum atomic E-state index is 13.5. The van der Waals surface area contributed by atoms with E-state index in [1.807, 2.05) is 0 Å². The van der Waals surface area contributed by atoms with E-state index >= 15 is 0 Å². The number of hydrogen-bond acceptors (Lipinski definition) is 4. The summed E-state index contributed by atoms with van der Waals surface area (Å²) in [4.78, 5) is 27.7. The van der Waals surface area contributed by atoms with Crippen molar-refractivity contribution in [3.63, 3.8) is 0 Å². The molecule has 7 nitrogen and oxygen atoms in total. The molecular formula is C17H13ClFN5O2. The van der Waals surface area contributed by atoms with Gasteiger partial charge in [0.1, 0.15) is 11.6 Å². The summed E-state index contributed by atoms with van der Waals surface area (Å²) in [5, 5.41) is 7.25. The molecule has 0 unspecified atom stereocenters. The minimum atomic E-state index is -0.931. The summed E-state index contributed by atoms with van der Waals surface area (Å²) in [6, 6.07) is 10.4. The van der Waals surface area contributed by atoms with Crippen LogP contribution in [0.1, 0.15) is 26.8 Å². The highest BCUT2D eigenvalue weighted by molar-refractivity contribution is 6.30. The molecular weight excluding hydrogens is 361 g/mol. The van der Waals surface area contributed by atoms with Crippen LogP contribution in [0.25, 0.3) is 5.69 Å². The molecule has 3 rings (SSSR count). The Bertz CT molecular complexity index is 1000. The van der Waals surface area contributed by atoms with Crippen molar-refractivity contribution >= 4 is 29.1 Å². The molecule has 2 aromatic carbocycles. The molecule has 132 valence electrons. The molecule has 1 heterocycles. The smallest absolute Gasteiger partial charge is 0.295 e. The number of aryl methyl sites for hydroxylation is 1. The van der Waals surface area contributed by atoms with Gasteiger partial charge in [-0.05, 0) is 49.4 Å². The van der Waals surface area contributed by atoms with Crippen LogP contribution in [-0.2, 0) is 0 Å². The zero-order valence-electron chi connectivity index (χ0n) is 13.5. The third-order valence-corrected chi connectivity index (χ3v) is 3.78. The summed E-state index contributed by atoms with van der Waals surface area (Å²) in [5.74, 6) is -1.89. The summed E-state index contributed by atoms with van der Waals surface area (Å²) in [7, 11) is 0. The highest BCUT2D eigenvalue weighted by Crippen LogP contribution is 2.17. The van der Waals surface area contributed by atoms with Crippen LogP contribution in [0.15, 0.2) is 42.5 Å². The normalized spacial score (nSPS) is 10.6. The van der Waals surface area contributed by atoms with E-state index in [1.54, 1.807) is 31.2 Å². The largest absolute Gasteiger partial charge is 0.366 e. The van der Waals surface area contributed by atoms with Crippen LogP contribution in [0.2, 0.25) is 5.02 Å². The second-order valence-corrected chi connectivity index (χ2v) is 5.82. The molecule has 0 spiro atoms. The molecule has 0 aliphatic rings. The molecule has 0 saturated carbocycles. The number of amides is 2. The van der Waals surface area contributed by atoms with Crippen LogP contribution < -0.4 is 11.1 Å². The molecule has 3 aromatic rings. The molecule has 3 N–H and O–H groups in total. The molecule has 0 fully saturated rings. The van der Waals surface area contributed by atoms with E-state index in [0.717, 1.165) is 12.1 Å². The van der Waals surface area contributed by atoms with Crippen LogP contribution in [0.3, 0.4) is 0 Å². The van der Waals surface area contributed by atoms with Crippen molar-refractivity contribution in [1.82, 2.24) is 14.8 Å². The van der Waals surface area contributed by atoms with Crippen LogP contribution in [0.5, 0.6) is 0 Å². The van der Waals surface area contributed by atoms with Gasteiger partial charge in [0.2, 0.25) is 5.82 Å². The number of aromatic nitrogens is 3. The average Bonchev–Trinajstić information content (AvgIpc) is 2.99. The fourth-order valence-electron chi connectivity index (χ4n) is 2.29. The van der Waals surface area contributed by atoms with Gasteiger partial charge in [-0.2, -0.15) is 0 Å². The Labute approximate surface area is 152 Å². The zero-order chi connectivity index (χ0) is 18.8. The number of primary amides is 1. The van der Waals surface area contributed by atoms with Crippen molar-refractivity contribution in [1.29, 1.82) is 0 Å². The Hall–Kier alpha value is -3.26. The van der Waals surface area contributed by atoms with E-state index in [2.05, 4.69) is 15.4 Å². The van der Waals surface area contributed by atoms with E-state index in [0.29, 0.717) is 16.5 Å². The average molecular weight is 374 g/mol. The first-order chi connectivity index (χ1) is 12.3. The lowest BCUT2D eigenvalue weighted by Crippen LogP contribution is -2.17. The molecule has 0 aliphatic heterocycles. The van der Waals surface area contributed by atoms with Crippen LogP contribution in [-0.4, -0.2) is 26.6 Å². The lowest BCUT2D eigenvalue weighted by molar-refractivity contribution is 0.0991. The number of carbonyl (C=O) groups is 2. The standard InChI is InChI=1S/C17H13ClFN5O2/c1-9-21-16(23-24(9)12-5-2-10(18)3-6-12)17(26)22-11-4-7-14(19)13(8-11)15(20)25/h2-8H,1H3,(H2,20,25)(H,22,26). The van der Waals surface area contributed by atoms with Crippen molar-refractivity contribution in [3.05, 3.63) is 70.5 Å². The highest BCUT2D eigenvalue weighted by atomic mass is 35.5. The maximum Gasteiger partial charge on any atom is 0.295 e. The Kier molecular flexibility index (Phi) is 4.68. The summed E-state index contributed by atoms with van der Waals surface area (Å²) in [6.45, 7) is 1.70. The second-order valence-electron chi connectivity index (χ2n) is 5.38. The number of anilines is 1. The number of nitrogens with zero attached hydrogens (tertiary/aromatic N) is 3. The van der Waals surface area contributed by atoms with Crippen LogP contribution >= 0.6 is 11.6 Å². The second kappa shape index (κ2) is 6.93. The van der Waals surface area contributed by atoms with Crippen molar-refractivity contribution in [3.8, 4) is 5.69 Å². The minimum absolute atomic E-state index is 0.0811. The maximum absolute atomic E-state index is 13.5. The predicted molar refractivity (Wildman–Crippen MR) is 94.0 cm³/mol. The molecule has 0 aliphatic carbocycles. The summed E-state index contributed by atoms with van der Waals surface area (Å²) < 4.78 is 15.0. The van der Waals surface area contributed by atoms with Gasteiger partial charge in [0.05, 0.1) is 11.3 Å². The Balaban J connectivity index is 1.85. The van der Waals surface area contributed by atoms with E-state index in [1.165, 1.54) is 10.7 Å². The topological polar surface area (TPSA) is 103 Å². The third kappa shape index (κ3) is 3.55. The van der Waals surface area contributed by atoms with Gasteiger partial charge in [0.25, 0.3) is 11.8 Å². The fourth-order valence-corrected chi connectivity index (χ4v) is 2.42. The number of halogens is 2. The van der Waals surface area contributed by atoms with Gasteiger partial charge < -0.3 is 11.1 Å². The predicted octanol–water partition coefficient (Wildman–Crippen LogP) is 2.72. The minimum Gasteiger partial charge on any atom is -0.366 e. The number of benzene rings is 2. The zero-order valence-corrected chi connectivity index (χ0v) is 14.3. The number of nitrogens with one attached hydrogen (secondary N) is 1. The summed E-state index contributed by atoms with van der Waals surface area (Å²) in [5.41, 5.74) is 5.66. The van der Waals surface area contributed by atoms with Gasteiger partial charge in [-0.15, -0.1) is 5.10 Å². The Morgan fingerprint density at radius 1 is 1.19 bits per heavy atom. The van der Waals surface area contributed by atoms with Gasteiger partial charge in [-0.3, -0.25) is 9.59 Å². The molecule has 0 bridgehead atoms. The van der Waals surface area contributed by atoms with E-state index in [9.17, 15) is 14.0 Å². The molecule has 2 amide bonds. The molecule has 0 radical (unpaired) electrons. The molecule has 9 heteroatoms. The number of hydrogen-bond donors (Lipinski definition) is 2. The Morgan fingerprint density at radius 3 is 2.54 bits per heavy atom. The number of carbonyl (C=O) groups excluding carboxylic acids is 2. The first-order valence-electron chi connectivity index (χ1n) is 7.45. The van der Waals surface area contributed by atoms with Gasteiger partial charge in [0.15, 0.2) is 0 Å². The highest BCUT2D eigenvalue weighted by Gasteiger charge is 2.17. The van der Waals surface area contributed by atoms with Crippen LogP contribution in [0.4, 0.5) is 10.1 Å². The Morgan fingerprint density at radius 2 is 1.88 bits per heavy atom. The first-order valence-corrected chi connectivity index (χ1v) is 7.83. The number of rotatable bonds is 4. The lowest BCUT2D eigenvalue weighted by Gasteiger charge is -2.05. The van der Waals surface area contributed by atoms with Crippen molar-refractivity contribution in [2.75, 3.05) is 5.32 Å². The van der Waals surface area contributed by atoms with E-state index < -0.39 is 17.6 Å². The quantitative estimate of drug-likeness (QED) is 0.733. The SMILES string of the molecule is Cc1nc(C(=O)Nc2ccc(F)c(C(N)=O)c2)nn1-c1ccc(Cl)cc1. The first kappa shape index (κ1) is 17.6. The van der Waals surface area contributed by atoms with Gasteiger partial charge in [0, 0.05) is 10.7 Å². The summed E-state index contributed by atoms with van der Waals surface area (Å²) >= 11 is 5.86. The van der Waals surface area contributed by atoms with E-state index in [4.69, 9.17) is 17.3 Å². The van der Waals surface area contributed by atoms with Crippen molar-refractivity contribution in [2.45, 2.75) is 6.92 Å². The summed E-state index contributed by atoms with van der Waals surface area (Å²) in [6.07, 6.45) is 0. The van der Waals surface area contributed by atoms with Gasteiger partial charge >= 0.3 is 0 Å². The van der Waals surface area contributed by atoms with Crippen molar-refractivity contribution in [2.24, 2.45) is 5.73 Å². The fraction of sp³-hybridized carbons (Fsp3) is 0.0588. The molecule has 0 atom stereocenters. The molecule has 26 heavy (non-hydrogen) atoms. The number of nitrogens with two attached hydrogens (primary N) is 1. The monoisotopic (exact) mass is 373 g/mol. The molecule has 1 aromatic heterocycles. The van der Waals surface area contributed by atoms with Gasteiger partial charge in [-0.25, -0.2) is 14.1 Å². The van der Waals surface area contributed by atoms with Gasteiger partial charge in [-0.1, -0.05) is 11.6 Å². The van der Waals surface area contributed by atoms with Crippen molar-refractivity contribution < 1.29 is 14.0 Å².